The Labute approximate surface area is 107 Å². The molecule has 1 heterocycles. The molecular weight excluding hydrogens is 283 g/mol. The average Bonchev–Trinajstić information content (AvgIpc) is 2.57. The molecule has 0 unspecified atom stereocenters. The molecule has 1 rings (SSSR count). The molecular formula is C8H12F4N2O2V. The monoisotopic (exact) mass is 295 g/mol. The number of carboxylic acid groups (broad SMARTS) is 1. The van der Waals surface area contributed by atoms with E-state index in [1.165, 1.54) is 6.42 Å². The van der Waals surface area contributed by atoms with Gasteiger partial charge in [0.15, 0.2) is 0 Å². The summed E-state index contributed by atoms with van der Waals surface area (Å²) in [5, 5.41) is 7.12. The molecule has 0 aliphatic heterocycles. The summed E-state index contributed by atoms with van der Waals surface area (Å²) < 4.78 is 33.8. The Hall–Kier alpha value is -1.02. The van der Waals surface area contributed by atoms with Crippen molar-refractivity contribution in [1.82, 2.24) is 9.55 Å². The number of halogens is 4. The Bertz CT molecular complexity index is 290. The maximum Gasteiger partial charge on any atom is 0.490 e. The van der Waals surface area contributed by atoms with E-state index in [0.717, 1.165) is 6.54 Å². The molecule has 9 heteroatoms. The van der Waals surface area contributed by atoms with Gasteiger partial charge in [-0.25, -0.2) is 9.78 Å². The minimum absolute atomic E-state index is 0. The van der Waals surface area contributed by atoms with Crippen LogP contribution in [0.4, 0.5) is 17.9 Å². The molecule has 0 atom stereocenters. The first kappa shape index (κ1) is 21.3. The molecule has 17 heavy (non-hydrogen) atoms. The van der Waals surface area contributed by atoms with Crippen LogP contribution in [0.1, 0.15) is 13.3 Å². The maximum atomic E-state index is 10.6. The molecule has 0 fully saturated rings. The van der Waals surface area contributed by atoms with E-state index in [0.29, 0.717) is 0 Å². The van der Waals surface area contributed by atoms with E-state index in [1.54, 1.807) is 6.20 Å². The Balaban J connectivity index is -0.000000208. The van der Waals surface area contributed by atoms with Gasteiger partial charge < -0.3 is 9.67 Å². The standard InChI is InChI=1S/C6H10N2.C2HF3O2.FH.V/c1-2-4-8-5-3-7-6-8;3-2(4,5)1(6)7;;/h3,5-6H,2,4H2,1H3;(H,6,7);1H;. The van der Waals surface area contributed by atoms with Crippen molar-refractivity contribution in [1.29, 1.82) is 0 Å². The normalized spacial score (nSPS) is 9.18. The van der Waals surface area contributed by atoms with Gasteiger partial charge in [0.2, 0.25) is 0 Å². The predicted octanol–water partition coefficient (Wildman–Crippen LogP) is 2.08. The molecule has 1 aromatic rings. The van der Waals surface area contributed by atoms with Crippen molar-refractivity contribution in [2.24, 2.45) is 0 Å². The second kappa shape index (κ2) is 10.2. The number of nitrogens with zero attached hydrogens (tertiary/aromatic N) is 2. The molecule has 0 aliphatic rings. The van der Waals surface area contributed by atoms with Gasteiger partial charge in [-0.05, 0) is 6.42 Å². The summed E-state index contributed by atoms with van der Waals surface area (Å²) in [5.41, 5.74) is 0. The van der Waals surface area contributed by atoms with E-state index >= 15 is 0 Å². The molecule has 0 spiro atoms. The first-order chi connectivity index (χ1) is 6.88. The Morgan fingerprint density at radius 2 is 1.94 bits per heavy atom. The van der Waals surface area contributed by atoms with Gasteiger partial charge >= 0.3 is 12.1 Å². The van der Waals surface area contributed by atoms with Crippen LogP contribution >= 0.6 is 0 Å². The van der Waals surface area contributed by atoms with E-state index in [4.69, 9.17) is 9.90 Å². The molecule has 1 radical (unpaired) electrons. The maximum absolute atomic E-state index is 10.6. The van der Waals surface area contributed by atoms with Crippen LogP contribution in [0.3, 0.4) is 0 Å². The van der Waals surface area contributed by atoms with Crippen molar-refractivity contribution in [2.75, 3.05) is 0 Å². The van der Waals surface area contributed by atoms with Gasteiger partial charge in [0.1, 0.15) is 0 Å². The molecule has 0 aliphatic carbocycles. The average molecular weight is 295 g/mol. The number of imidazole rings is 1. The van der Waals surface area contributed by atoms with Crippen LogP contribution in [0.15, 0.2) is 18.7 Å². The number of aliphatic carboxylic acids is 1. The molecule has 0 aromatic carbocycles. The van der Waals surface area contributed by atoms with Gasteiger partial charge in [-0.1, -0.05) is 6.92 Å². The fourth-order valence-corrected chi connectivity index (χ4v) is 0.677. The summed E-state index contributed by atoms with van der Waals surface area (Å²) in [5.74, 6) is -2.76. The molecule has 4 nitrogen and oxygen atoms in total. The van der Waals surface area contributed by atoms with E-state index < -0.39 is 12.1 Å². The first-order valence-electron chi connectivity index (χ1n) is 4.13. The minimum Gasteiger partial charge on any atom is -0.475 e. The van der Waals surface area contributed by atoms with Crippen LogP contribution in [0, 0.1) is 0 Å². The van der Waals surface area contributed by atoms with Crippen LogP contribution < -0.4 is 0 Å². The molecule has 0 saturated carbocycles. The zero-order valence-corrected chi connectivity index (χ0v) is 10.3. The summed E-state index contributed by atoms with van der Waals surface area (Å²) in [6.45, 7) is 3.24. The summed E-state index contributed by atoms with van der Waals surface area (Å²) >= 11 is 0. The largest absolute Gasteiger partial charge is 0.490 e. The quantitative estimate of drug-likeness (QED) is 0.850. The number of alkyl halides is 3. The van der Waals surface area contributed by atoms with Crippen molar-refractivity contribution >= 4 is 5.97 Å². The third-order valence-electron chi connectivity index (χ3n) is 1.28. The topological polar surface area (TPSA) is 55.1 Å². The number of aromatic nitrogens is 2. The van der Waals surface area contributed by atoms with Crippen LogP contribution in [0.5, 0.6) is 0 Å². The summed E-state index contributed by atoms with van der Waals surface area (Å²) in [4.78, 5) is 12.8. The molecule has 0 amide bonds. The second-order valence-electron chi connectivity index (χ2n) is 2.60. The number of hydrogen-bond donors (Lipinski definition) is 1. The second-order valence-corrected chi connectivity index (χ2v) is 2.60. The zero-order chi connectivity index (χ0) is 11.9. The first-order valence-corrected chi connectivity index (χ1v) is 4.13. The van der Waals surface area contributed by atoms with Gasteiger partial charge in [-0.15, -0.1) is 0 Å². The van der Waals surface area contributed by atoms with Crippen molar-refractivity contribution in [3.05, 3.63) is 18.7 Å². The van der Waals surface area contributed by atoms with Gasteiger partial charge in [-0.3, -0.25) is 4.70 Å². The Kier molecular flexibility index (Phi) is 12.7. The van der Waals surface area contributed by atoms with E-state index in [2.05, 4.69) is 16.5 Å². The van der Waals surface area contributed by atoms with Crippen LogP contribution in [0.25, 0.3) is 0 Å². The molecule has 0 saturated heterocycles. The Morgan fingerprint density at radius 1 is 1.47 bits per heavy atom. The third kappa shape index (κ3) is 11.3. The smallest absolute Gasteiger partial charge is 0.475 e. The van der Waals surface area contributed by atoms with Crippen molar-refractivity contribution in [2.45, 2.75) is 26.1 Å². The van der Waals surface area contributed by atoms with E-state index in [-0.39, 0.29) is 23.3 Å². The van der Waals surface area contributed by atoms with Crippen molar-refractivity contribution in [3.63, 3.8) is 0 Å². The van der Waals surface area contributed by atoms with Crippen LogP contribution in [-0.2, 0) is 29.9 Å². The zero-order valence-electron chi connectivity index (χ0n) is 8.89. The van der Waals surface area contributed by atoms with Crippen molar-refractivity contribution < 1.29 is 46.3 Å². The summed E-state index contributed by atoms with van der Waals surface area (Å²) in [7, 11) is 0. The van der Waals surface area contributed by atoms with Crippen LogP contribution in [-0.4, -0.2) is 26.8 Å². The molecule has 99 valence electrons. The third-order valence-corrected chi connectivity index (χ3v) is 1.28. The Morgan fingerprint density at radius 3 is 2.18 bits per heavy atom. The fourth-order valence-electron chi connectivity index (χ4n) is 0.677. The summed E-state index contributed by atoms with van der Waals surface area (Å²) in [6.07, 6.45) is 1.71. The molecule has 0 bridgehead atoms. The van der Waals surface area contributed by atoms with Crippen LogP contribution in [0.2, 0.25) is 0 Å². The van der Waals surface area contributed by atoms with Gasteiger partial charge in [0, 0.05) is 37.5 Å². The van der Waals surface area contributed by atoms with Gasteiger partial charge in [0.05, 0.1) is 6.33 Å². The summed E-state index contributed by atoms with van der Waals surface area (Å²) in [6, 6.07) is 0. The van der Waals surface area contributed by atoms with Gasteiger partial charge in [-0.2, -0.15) is 13.2 Å². The predicted molar refractivity (Wildman–Crippen MR) is 48.7 cm³/mol. The molecule has 1 N–H and O–H groups in total. The van der Waals surface area contributed by atoms with E-state index in [9.17, 15) is 13.2 Å². The van der Waals surface area contributed by atoms with E-state index in [1.807, 2.05) is 12.5 Å². The van der Waals surface area contributed by atoms with Gasteiger partial charge in [0.25, 0.3) is 0 Å². The SMILES string of the molecule is CCCn1ccnc1.F.O=C(O)C(F)(F)F.[V]. The fraction of sp³-hybridized carbons (Fsp3) is 0.500. The number of aryl methyl sites for hydroxylation is 1. The number of hydrogen-bond acceptors (Lipinski definition) is 2. The number of rotatable bonds is 2. The minimum atomic E-state index is -5.08. The number of carboxylic acids is 1. The number of carbonyl (C=O) groups is 1. The van der Waals surface area contributed by atoms with Crippen molar-refractivity contribution in [3.8, 4) is 0 Å². The molecule has 1 aromatic heterocycles.